The van der Waals surface area contributed by atoms with Crippen LogP contribution in [-0.2, 0) is 0 Å². The van der Waals surface area contributed by atoms with Crippen LogP contribution in [0.5, 0.6) is 5.75 Å². The van der Waals surface area contributed by atoms with Gasteiger partial charge < -0.3 is 15.4 Å². The molecule has 160 valence electrons. The summed E-state index contributed by atoms with van der Waals surface area (Å²) in [5.74, 6) is 0.573. The van der Waals surface area contributed by atoms with E-state index in [4.69, 9.17) is 0 Å². The van der Waals surface area contributed by atoms with E-state index >= 15 is 0 Å². The molecule has 4 aromatic rings. The van der Waals surface area contributed by atoms with E-state index in [9.17, 15) is 5.11 Å². The molecule has 7 nitrogen and oxygen atoms in total. The van der Waals surface area contributed by atoms with Gasteiger partial charge in [0.2, 0.25) is 0 Å². The fraction of sp³-hybridized carbons (Fsp3) is 0.375. The first kappa shape index (κ1) is 19.8. The number of piperidine rings is 1. The molecule has 0 saturated carbocycles. The van der Waals surface area contributed by atoms with Crippen LogP contribution in [0.25, 0.3) is 33.4 Å². The normalized spacial score (nSPS) is 18.5. The molecule has 1 fully saturated rings. The summed E-state index contributed by atoms with van der Waals surface area (Å²) < 4.78 is 0. The van der Waals surface area contributed by atoms with Crippen molar-refractivity contribution in [1.29, 1.82) is 0 Å². The maximum atomic E-state index is 10.6. The molecule has 0 atom stereocenters. The van der Waals surface area contributed by atoms with Crippen LogP contribution in [0.2, 0.25) is 0 Å². The molecule has 0 aliphatic carbocycles. The van der Waals surface area contributed by atoms with E-state index < -0.39 is 0 Å². The highest BCUT2D eigenvalue weighted by Crippen LogP contribution is 2.41. The second kappa shape index (κ2) is 6.92. The smallest absolute Gasteiger partial charge is 0.125 e. The molecule has 0 unspecified atom stereocenters. The average molecular weight is 417 g/mol. The van der Waals surface area contributed by atoms with Gasteiger partial charge >= 0.3 is 0 Å². The summed E-state index contributed by atoms with van der Waals surface area (Å²) in [5, 5.41) is 30.2. The third kappa shape index (κ3) is 3.70. The number of aromatic amines is 2. The molecular weight excluding hydrogens is 388 g/mol. The number of fused-ring (bicyclic) bond motifs is 1. The Labute approximate surface area is 181 Å². The zero-order valence-corrected chi connectivity index (χ0v) is 18.3. The largest absolute Gasteiger partial charge is 0.507 e. The predicted molar refractivity (Wildman–Crippen MR) is 122 cm³/mol. The third-order valence-corrected chi connectivity index (χ3v) is 6.19. The van der Waals surface area contributed by atoms with Gasteiger partial charge in [-0.05, 0) is 70.2 Å². The van der Waals surface area contributed by atoms with Crippen LogP contribution < -0.4 is 5.32 Å². The van der Waals surface area contributed by atoms with Crippen LogP contribution in [0.3, 0.4) is 0 Å². The van der Waals surface area contributed by atoms with Crippen molar-refractivity contribution in [3.63, 3.8) is 0 Å². The summed E-state index contributed by atoms with van der Waals surface area (Å²) in [6, 6.07) is 7.52. The first-order valence-electron chi connectivity index (χ1n) is 10.7. The number of H-pyrrole nitrogens is 2. The lowest BCUT2D eigenvalue weighted by Gasteiger charge is -2.46. The Bertz CT molecular complexity index is 1220. The van der Waals surface area contributed by atoms with Crippen LogP contribution in [0.15, 0.2) is 42.9 Å². The summed E-state index contributed by atoms with van der Waals surface area (Å²) in [6.45, 7) is 9.04. The number of hydrogen-bond donors (Lipinski definition) is 4. The van der Waals surface area contributed by atoms with Crippen molar-refractivity contribution in [1.82, 2.24) is 30.7 Å². The highest BCUT2D eigenvalue weighted by atomic mass is 16.3. The topological polar surface area (TPSA) is 103 Å². The van der Waals surface area contributed by atoms with Gasteiger partial charge in [0.1, 0.15) is 11.3 Å². The molecule has 1 aliphatic heterocycles. The summed E-state index contributed by atoms with van der Waals surface area (Å²) in [4.78, 5) is 3.39. The quantitative estimate of drug-likeness (QED) is 0.386. The van der Waals surface area contributed by atoms with Gasteiger partial charge in [0.15, 0.2) is 0 Å². The number of benzene rings is 1. The summed E-state index contributed by atoms with van der Waals surface area (Å²) in [6.07, 6.45) is 7.69. The minimum Gasteiger partial charge on any atom is -0.507 e. The Hall–Kier alpha value is -3.19. The predicted octanol–water partition coefficient (Wildman–Crippen LogP) is 4.74. The van der Waals surface area contributed by atoms with E-state index in [1.807, 2.05) is 18.2 Å². The number of rotatable bonds is 3. The zero-order valence-electron chi connectivity index (χ0n) is 18.3. The number of hydrogen-bond acceptors (Lipinski definition) is 5. The Balaban J connectivity index is 1.49. The molecule has 3 aromatic heterocycles. The summed E-state index contributed by atoms with van der Waals surface area (Å²) in [5.41, 5.74) is 6.30. The minimum atomic E-state index is 0.0614. The molecule has 0 spiro atoms. The van der Waals surface area contributed by atoms with E-state index in [2.05, 4.69) is 64.6 Å². The third-order valence-electron chi connectivity index (χ3n) is 6.19. The molecule has 4 N–H and O–H groups in total. The number of aromatic nitrogens is 5. The highest BCUT2D eigenvalue weighted by Gasteiger charge is 2.39. The molecule has 1 aliphatic rings. The lowest BCUT2D eigenvalue weighted by atomic mass is 9.73. The van der Waals surface area contributed by atoms with Gasteiger partial charge in [-0.15, -0.1) is 10.2 Å². The Morgan fingerprint density at radius 3 is 2.42 bits per heavy atom. The van der Waals surface area contributed by atoms with Crippen molar-refractivity contribution in [2.45, 2.75) is 57.5 Å². The van der Waals surface area contributed by atoms with Gasteiger partial charge in [-0.1, -0.05) is 6.07 Å². The lowest BCUT2D eigenvalue weighted by molar-refractivity contribution is 0.162. The van der Waals surface area contributed by atoms with Crippen LogP contribution >= 0.6 is 0 Å². The Morgan fingerprint density at radius 1 is 0.968 bits per heavy atom. The van der Waals surface area contributed by atoms with Crippen LogP contribution in [0.4, 0.5) is 0 Å². The van der Waals surface area contributed by atoms with Gasteiger partial charge in [-0.25, -0.2) is 0 Å². The molecule has 5 rings (SSSR count). The molecule has 7 heteroatoms. The van der Waals surface area contributed by atoms with Crippen molar-refractivity contribution in [2.75, 3.05) is 0 Å². The molecule has 0 bridgehead atoms. The van der Waals surface area contributed by atoms with Gasteiger partial charge in [0, 0.05) is 40.2 Å². The summed E-state index contributed by atoms with van der Waals surface area (Å²) in [7, 11) is 0. The molecule has 4 heterocycles. The average Bonchev–Trinajstić information content (AvgIpc) is 3.35. The van der Waals surface area contributed by atoms with Gasteiger partial charge in [0.05, 0.1) is 17.4 Å². The minimum absolute atomic E-state index is 0.0614. The SMILES string of the molecule is CC1(C)CC(c2c[nH]c3cc(-c4ccc(-c5cn[nH]c5)cc4O)nnc23)CC(C)(C)N1. The molecule has 0 radical (unpaired) electrons. The zero-order chi connectivity index (χ0) is 21.8. The second-order valence-electron chi connectivity index (χ2n) is 9.95. The number of nitrogens with one attached hydrogen (secondary N) is 3. The fourth-order valence-electron chi connectivity index (χ4n) is 5.26. The maximum absolute atomic E-state index is 10.6. The number of aromatic hydroxyl groups is 1. The molecule has 0 amide bonds. The van der Waals surface area contributed by atoms with Crippen molar-refractivity contribution < 1.29 is 5.11 Å². The second-order valence-corrected chi connectivity index (χ2v) is 9.95. The van der Waals surface area contributed by atoms with E-state index in [0.717, 1.165) is 35.0 Å². The van der Waals surface area contributed by atoms with E-state index in [0.29, 0.717) is 17.2 Å². The van der Waals surface area contributed by atoms with Crippen molar-refractivity contribution in [3.05, 3.63) is 48.4 Å². The number of phenolic OH excluding ortho intramolecular Hbond substituents is 1. The van der Waals surface area contributed by atoms with Gasteiger partial charge in [0.25, 0.3) is 0 Å². The van der Waals surface area contributed by atoms with Crippen LogP contribution in [-0.4, -0.2) is 41.6 Å². The highest BCUT2D eigenvalue weighted by molar-refractivity contribution is 5.84. The van der Waals surface area contributed by atoms with Crippen LogP contribution in [0, 0.1) is 0 Å². The van der Waals surface area contributed by atoms with Crippen molar-refractivity contribution in [3.8, 4) is 28.1 Å². The first-order valence-corrected chi connectivity index (χ1v) is 10.7. The standard InChI is InChI=1S/C24H28N6O/c1-23(2)9-15(10-24(3,4)30-23)18-13-25-20-8-19(28-29-22(18)20)17-6-5-14(7-21(17)31)16-11-26-27-12-16/h5-8,11-13,15,25,30-31H,9-10H2,1-4H3,(H,26,27). The van der Waals surface area contributed by atoms with E-state index in [1.165, 1.54) is 5.56 Å². The fourth-order valence-corrected chi connectivity index (χ4v) is 5.26. The van der Waals surface area contributed by atoms with E-state index in [1.54, 1.807) is 18.5 Å². The van der Waals surface area contributed by atoms with Crippen LogP contribution in [0.1, 0.15) is 52.0 Å². The number of phenols is 1. The Kier molecular flexibility index (Phi) is 4.41. The van der Waals surface area contributed by atoms with Crippen molar-refractivity contribution >= 4 is 11.0 Å². The number of nitrogens with zero attached hydrogens (tertiary/aromatic N) is 3. The lowest BCUT2D eigenvalue weighted by Crippen LogP contribution is -2.57. The Morgan fingerprint density at radius 2 is 1.74 bits per heavy atom. The maximum Gasteiger partial charge on any atom is 0.125 e. The molecular formula is C24H28N6O. The molecule has 31 heavy (non-hydrogen) atoms. The molecule has 1 saturated heterocycles. The van der Waals surface area contributed by atoms with Gasteiger partial charge in [-0.2, -0.15) is 5.10 Å². The van der Waals surface area contributed by atoms with Gasteiger partial charge in [-0.3, -0.25) is 5.10 Å². The molecule has 1 aromatic carbocycles. The van der Waals surface area contributed by atoms with E-state index in [-0.39, 0.29) is 16.8 Å². The first-order chi connectivity index (χ1) is 14.7. The monoisotopic (exact) mass is 416 g/mol. The summed E-state index contributed by atoms with van der Waals surface area (Å²) >= 11 is 0. The van der Waals surface area contributed by atoms with Crippen molar-refractivity contribution in [2.24, 2.45) is 0 Å².